The van der Waals surface area contributed by atoms with E-state index >= 15 is 0 Å². The van der Waals surface area contributed by atoms with Crippen LogP contribution in [0, 0.1) is 6.92 Å². The van der Waals surface area contributed by atoms with Crippen LogP contribution in [0.2, 0.25) is 0 Å². The average molecular weight is 530 g/mol. The van der Waals surface area contributed by atoms with Crippen molar-refractivity contribution in [2.75, 3.05) is 6.61 Å². The van der Waals surface area contributed by atoms with Gasteiger partial charge in [0.05, 0.1) is 10.5 Å². The van der Waals surface area contributed by atoms with Gasteiger partial charge in [-0.2, -0.15) is 13.2 Å². The Morgan fingerprint density at radius 1 is 0.973 bits per heavy atom. The molecule has 0 aliphatic heterocycles. The maximum absolute atomic E-state index is 13.3. The molecule has 4 aromatic carbocycles. The number of halogens is 3. The number of sulfonamides is 1. The highest BCUT2D eigenvalue weighted by Crippen LogP contribution is 2.36. The Hall–Kier alpha value is -3.89. The first-order valence-corrected chi connectivity index (χ1v) is 12.6. The molecule has 0 saturated heterocycles. The molecule has 37 heavy (non-hydrogen) atoms. The summed E-state index contributed by atoms with van der Waals surface area (Å²) in [6.45, 7) is 0.843. The number of aryl methyl sites for hydroxylation is 1. The fourth-order valence-electron chi connectivity index (χ4n) is 4.00. The molecule has 0 aliphatic carbocycles. The molecule has 0 saturated carbocycles. The van der Waals surface area contributed by atoms with Crippen LogP contribution in [0.1, 0.15) is 16.7 Å². The van der Waals surface area contributed by atoms with E-state index in [0.717, 1.165) is 17.5 Å². The van der Waals surface area contributed by atoms with Gasteiger partial charge < -0.3 is 9.84 Å². The number of rotatable bonds is 8. The number of alkyl halides is 3. The van der Waals surface area contributed by atoms with E-state index in [1.54, 1.807) is 25.1 Å². The van der Waals surface area contributed by atoms with Gasteiger partial charge in [0.25, 0.3) is 0 Å². The van der Waals surface area contributed by atoms with E-state index in [9.17, 15) is 26.4 Å². The first-order chi connectivity index (χ1) is 17.5. The predicted molar refractivity (Wildman–Crippen MR) is 133 cm³/mol. The molecule has 0 bridgehead atoms. The van der Waals surface area contributed by atoms with Crippen molar-refractivity contribution in [3.63, 3.8) is 0 Å². The fourth-order valence-corrected chi connectivity index (χ4v) is 5.47. The number of ether oxygens (including phenoxy) is 1. The second-order valence-electron chi connectivity index (χ2n) is 8.35. The van der Waals surface area contributed by atoms with Gasteiger partial charge in [-0.05, 0) is 53.3 Å². The van der Waals surface area contributed by atoms with Gasteiger partial charge in [0.2, 0.25) is 10.0 Å². The number of hydrogen-bond acceptors (Lipinski definition) is 4. The third-order valence-corrected chi connectivity index (χ3v) is 7.31. The van der Waals surface area contributed by atoms with Crippen molar-refractivity contribution in [1.29, 1.82) is 0 Å². The second kappa shape index (κ2) is 10.2. The lowest BCUT2D eigenvalue weighted by molar-refractivity contribution is -0.139. The summed E-state index contributed by atoms with van der Waals surface area (Å²) in [5.74, 6) is -1.20. The minimum Gasteiger partial charge on any atom is -0.481 e. The molecule has 2 N–H and O–H groups in total. The molecule has 192 valence electrons. The van der Waals surface area contributed by atoms with Crippen LogP contribution in [0.15, 0.2) is 83.8 Å². The summed E-state index contributed by atoms with van der Waals surface area (Å²) in [7, 11) is -3.96. The van der Waals surface area contributed by atoms with Gasteiger partial charge in [-0.15, -0.1) is 0 Å². The Kier molecular flexibility index (Phi) is 7.24. The normalized spacial score (nSPS) is 12.0. The first-order valence-electron chi connectivity index (χ1n) is 11.1. The minimum atomic E-state index is -4.58. The minimum absolute atomic E-state index is 0.0539. The molecule has 0 unspecified atom stereocenters. The zero-order valence-electron chi connectivity index (χ0n) is 19.5. The average Bonchev–Trinajstić information content (AvgIpc) is 2.85. The summed E-state index contributed by atoms with van der Waals surface area (Å²) in [6, 6.07) is 19.6. The lowest BCUT2D eigenvalue weighted by atomic mass is 9.99. The summed E-state index contributed by atoms with van der Waals surface area (Å²) in [4.78, 5) is 11.1. The quantitative estimate of drug-likeness (QED) is 0.302. The van der Waals surface area contributed by atoms with Crippen molar-refractivity contribution in [3.05, 3.63) is 95.6 Å². The molecular formula is C27H22F3NO5S. The topological polar surface area (TPSA) is 92.7 Å². The van der Waals surface area contributed by atoms with Gasteiger partial charge in [-0.3, -0.25) is 0 Å². The summed E-state index contributed by atoms with van der Waals surface area (Å²) in [6.07, 6.45) is -4.58. The number of carboxylic acid groups (broad SMARTS) is 1. The Morgan fingerprint density at radius 3 is 2.46 bits per heavy atom. The fraction of sp³-hybridized carbons (Fsp3) is 0.148. The summed E-state index contributed by atoms with van der Waals surface area (Å²) in [5, 5.41) is 10.3. The number of hydrogen-bond donors (Lipinski definition) is 2. The Bertz CT molecular complexity index is 1580. The maximum atomic E-state index is 13.3. The summed E-state index contributed by atoms with van der Waals surface area (Å²) < 4.78 is 74.3. The smallest absolute Gasteiger partial charge is 0.416 e. The number of benzene rings is 4. The van der Waals surface area contributed by atoms with Gasteiger partial charge in [0, 0.05) is 17.5 Å². The number of carbonyl (C=O) groups is 1. The highest BCUT2D eigenvalue weighted by atomic mass is 32.2. The van der Waals surface area contributed by atoms with Gasteiger partial charge in [0.15, 0.2) is 6.61 Å². The second-order valence-corrected chi connectivity index (χ2v) is 10.1. The molecule has 10 heteroatoms. The Balaban J connectivity index is 1.69. The van der Waals surface area contributed by atoms with E-state index < -0.39 is 34.3 Å². The molecule has 0 amide bonds. The van der Waals surface area contributed by atoms with Crippen LogP contribution in [0.25, 0.3) is 21.9 Å². The van der Waals surface area contributed by atoms with E-state index in [1.165, 1.54) is 30.3 Å². The maximum Gasteiger partial charge on any atom is 0.416 e. The van der Waals surface area contributed by atoms with Crippen molar-refractivity contribution in [1.82, 2.24) is 4.72 Å². The zero-order chi connectivity index (χ0) is 26.8. The van der Waals surface area contributed by atoms with Crippen molar-refractivity contribution in [2.45, 2.75) is 24.5 Å². The highest BCUT2D eigenvalue weighted by molar-refractivity contribution is 7.89. The zero-order valence-corrected chi connectivity index (χ0v) is 20.4. The molecular weight excluding hydrogens is 507 g/mol. The Labute approximate surface area is 211 Å². The standard InChI is InChI=1S/C27H22F3NO5S/c1-17-9-11-19-5-2-3-8-22(19)26(17)37(34,35)31-15-18-10-12-24(36-16-25(32)33)23(13-18)20-6-4-7-21(14-20)27(28,29)30/h2-14,31H,15-16H2,1H3,(H,32,33). The van der Waals surface area contributed by atoms with Crippen LogP contribution >= 0.6 is 0 Å². The molecule has 0 fully saturated rings. The first kappa shape index (κ1) is 26.2. The Morgan fingerprint density at radius 2 is 1.73 bits per heavy atom. The molecule has 4 rings (SSSR count). The molecule has 0 aliphatic rings. The van der Waals surface area contributed by atoms with Gasteiger partial charge in [0.1, 0.15) is 5.75 Å². The number of nitrogens with one attached hydrogen (secondary N) is 1. The highest BCUT2D eigenvalue weighted by Gasteiger charge is 2.30. The molecule has 0 heterocycles. The van der Waals surface area contributed by atoms with Gasteiger partial charge >= 0.3 is 12.1 Å². The molecule has 0 atom stereocenters. The van der Waals surface area contributed by atoms with E-state index in [4.69, 9.17) is 9.84 Å². The monoisotopic (exact) mass is 529 g/mol. The van der Waals surface area contributed by atoms with Crippen molar-refractivity contribution in [2.24, 2.45) is 0 Å². The van der Waals surface area contributed by atoms with Crippen molar-refractivity contribution in [3.8, 4) is 16.9 Å². The van der Waals surface area contributed by atoms with E-state index in [0.29, 0.717) is 16.5 Å². The lowest BCUT2D eigenvalue weighted by Gasteiger charge is -2.16. The van der Waals surface area contributed by atoms with Crippen LogP contribution in [-0.2, 0) is 27.5 Å². The van der Waals surface area contributed by atoms with Crippen LogP contribution in [0.3, 0.4) is 0 Å². The SMILES string of the molecule is Cc1ccc2ccccc2c1S(=O)(=O)NCc1ccc(OCC(=O)O)c(-c2cccc(C(F)(F)F)c2)c1. The molecule has 4 aromatic rings. The summed E-state index contributed by atoms with van der Waals surface area (Å²) >= 11 is 0. The summed E-state index contributed by atoms with van der Waals surface area (Å²) in [5.41, 5.74) is 0.465. The number of aliphatic carboxylic acids is 1. The van der Waals surface area contributed by atoms with Crippen LogP contribution in [0.5, 0.6) is 5.75 Å². The third-order valence-electron chi connectivity index (χ3n) is 5.71. The molecule has 6 nitrogen and oxygen atoms in total. The number of fused-ring (bicyclic) bond motifs is 1. The third kappa shape index (κ3) is 5.92. The number of carboxylic acids is 1. The van der Waals surface area contributed by atoms with E-state index in [2.05, 4.69) is 4.72 Å². The molecule has 0 aromatic heterocycles. The van der Waals surface area contributed by atoms with Gasteiger partial charge in [-0.1, -0.05) is 54.6 Å². The van der Waals surface area contributed by atoms with Crippen LogP contribution in [0.4, 0.5) is 13.2 Å². The molecule has 0 radical (unpaired) electrons. The van der Waals surface area contributed by atoms with Crippen LogP contribution in [-0.4, -0.2) is 26.1 Å². The predicted octanol–water partition coefficient (Wildman–Crippen LogP) is 5.78. The van der Waals surface area contributed by atoms with E-state index in [1.807, 2.05) is 18.2 Å². The largest absolute Gasteiger partial charge is 0.481 e. The molecule has 0 spiro atoms. The van der Waals surface area contributed by atoms with Crippen molar-refractivity contribution >= 4 is 26.8 Å². The lowest BCUT2D eigenvalue weighted by Crippen LogP contribution is -2.24. The van der Waals surface area contributed by atoms with Crippen LogP contribution < -0.4 is 9.46 Å². The van der Waals surface area contributed by atoms with Gasteiger partial charge in [-0.25, -0.2) is 17.9 Å². The van der Waals surface area contributed by atoms with Crippen molar-refractivity contribution < 1.29 is 36.2 Å². The van der Waals surface area contributed by atoms with E-state index in [-0.39, 0.29) is 28.3 Å².